The van der Waals surface area contributed by atoms with Gasteiger partial charge in [0.25, 0.3) is 0 Å². The Morgan fingerprint density at radius 1 is 1.07 bits per heavy atom. The number of nitrogens with zero attached hydrogens (tertiary/aromatic N) is 2. The van der Waals surface area contributed by atoms with Crippen LogP contribution in [0.3, 0.4) is 0 Å². The smallest absolute Gasteiger partial charge is 0.410 e. The molecule has 1 aromatic rings. The number of amides is 2. The minimum atomic E-state index is -0.191. The molecule has 1 aromatic carbocycles. The van der Waals surface area contributed by atoms with Gasteiger partial charge in [0.1, 0.15) is 6.10 Å². The van der Waals surface area contributed by atoms with E-state index >= 15 is 0 Å². The highest BCUT2D eigenvalue weighted by Gasteiger charge is 2.42. The summed E-state index contributed by atoms with van der Waals surface area (Å²) < 4.78 is 6.07. The lowest BCUT2D eigenvalue weighted by Crippen LogP contribution is -2.54. The van der Waals surface area contributed by atoms with Crippen LogP contribution in [0.2, 0.25) is 0 Å². The summed E-state index contributed by atoms with van der Waals surface area (Å²) in [7, 11) is 0. The minimum Gasteiger partial charge on any atom is -0.444 e. The van der Waals surface area contributed by atoms with Gasteiger partial charge in [-0.3, -0.25) is 9.69 Å². The van der Waals surface area contributed by atoms with Crippen molar-refractivity contribution in [2.45, 2.75) is 44.2 Å². The van der Waals surface area contributed by atoms with Crippen molar-refractivity contribution in [1.29, 1.82) is 0 Å². The number of hydrogen-bond acceptors (Lipinski definition) is 4. The third-order valence-electron chi connectivity index (χ3n) is 7.15. The molecule has 3 atom stereocenters. The summed E-state index contributed by atoms with van der Waals surface area (Å²) in [5, 5.41) is 2.92. The molecule has 6 nitrogen and oxygen atoms in total. The van der Waals surface area contributed by atoms with Gasteiger partial charge in [0.2, 0.25) is 5.91 Å². The van der Waals surface area contributed by atoms with Crippen molar-refractivity contribution in [3.8, 4) is 0 Å². The number of hydrogen-bond donors (Lipinski definition) is 1. The van der Waals surface area contributed by atoms with Crippen molar-refractivity contribution in [1.82, 2.24) is 15.1 Å². The fourth-order valence-electron chi connectivity index (χ4n) is 5.63. The van der Waals surface area contributed by atoms with E-state index in [2.05, 4.69) is 28.4 Å². The van der Waals surface area contributed by atoms with E-state index in [1.165, 1.54) is 11.1 Å². The molecule has 2 bridgehead atoms. The molecule has 1 N–H and O–H groups in total. The van der Waals surface area contributed by atoms with E-state index in [0.29, 0.717) is 25.4 Å². The Labute approximate surface area is 166 Å². The number of ether oxygens (including phenoxy) is 1. The Hall–Kier alpha value is -2.08. The van der Waals surface area contributed by atoms with Gasteiger partial charge in [-0.25, -0.2) is 4.79 Å². The Bertz CT molecular complexity index is 759. The molecule has 6 heteroatoms. The van der Waals surface area contributed by atoms with Crippen LogP contribution in [0, 0.1) is 11.8 Å². The van der Waals surface area contributed by atoms with Crippen LogP contribution in [0.15, 0.2) is 24.3 Å². The molecule has 0 spiro atoms. The number of carbonyl (C=O) groups is 2. The molecule has 0 radical (unpaired) electrons. The highest BCUT2D eigenvalue weighted by Crippen LogP contribution is 2.40. The monoisotopic (exact) mass is 383 g/mol. The van der Waals surface area contributed by atoms with Gasteiger partial charge in [-0.1, -0.05) is 24.3 Å². The summed E-state index contributed by atoms with van der Waals surface area (Å²) in [5.74, 6) is 0.740. The van der Waals surface area contributed by atoms with Gasteiger partial charge in [0.15, 0.2) is 0 Å². The molecule has 5 heterocycles. The van der Waals surface area contributed by atoms with Crippen molar-refractivity contribution in [3.63, 3.8) is 0 Å². The van der Waals surface area contributed by atoms with Crippen LogP contribution >= 0.6 is 0 Å². The Balaban J connectivity index is 1.39. The van der Waals surface area contributed by atoms with E-state index in [0.717, 1.165) is 45.3 Å². The van der Waals surface area contributed by atoms with Gasteiger partial charge < -0.3 is 15.0 Å². The zero-order valence-corrected chi connectivity index (χ0v) is 16.3. The number of rotatable bonds is 2. The van der Waals surface area contributed by atoms with Gasteiger partial charge in [-0.15, -0.1) is 0 Å². The maximum atomic E-state index is 13.3. The molecule has 28 heavy (non-hydrogen) atoms. The average molecular weight is 383 g/mol. The van der Waals surface area contributed by atoms with Crippen LogP contribution in [-0.2, 0) is 16.0 Å². The molecule has 0 saturated carbocycles. The van der Waals surface area contributed by atoms with Crippen molar-refractivity contribution in [2.75, 3.05) is 32.7 Å². The average Bonchev–Trinajstić information content (AvgIpc) is 2.73. The standard InChI is InChI=1S/C22H29N3O3/c26-20-13-17(5-9-23-20)21-18-4-2-1-3-15(18)8-12-25(21)22(27)28-19-14-24-10-6-16(19)7-11-24/h1-4,16-17,19,21H,5-14H2,(H,23,26)/t17?,19-,21?/m1/s1. The first-order chi connectivity index (χ1) is 13.7. The number of nitrogens with one attached hydrogen (secondary N) is 1. The highest BCUT2D eigenvalue weighted by atomic mass is 16.6. The fraction of sp³-hybridized carbons (Fsp3) is 0.636. The van der Waals surface area contributed by atoms with E-state index in [-0.39, 0.29) is 30.1 Å². The maximum absolute atomic E-state index is 13.3. The number of carbonyl (C=O) groups excluding carboxylic acids is 2. The van der Waals surface area contributed by atoms with Gasteiger partial charge >= 0.3 is 6.09 Å². The molecule has 4 saturated heterocycles. The van der Waals surface area contributed by atoms with Crippen LogP contribution in [0.25, 0.3) is 0 Å². The molecule has 5 aliphatic heterocycles. The third-order valence-corrected chi connectivity index (χ3v) is 7.15. The van der Waals surface area contributed by atoms with Crippen LogP contribution in [0.1, 0.15) is 42.9 Å². The predicted octanol–water partition coefficient (Wildman–Crippen LogP) is 2.34. The molecule has 2 unspecified atom stereocenters. The summed E-state index contributed by atoms with van der Waals surface area (Å²) >= 11 is 0. The molecular weight excluding hydrogens is 354 g/mol. The molecule has 4 fully saturated rings. The number of fused-ring (bicyclic) bond motifs is 4. The number of benzene rings is 1. The fourth-order valence-corrected chi connectivity index (χ4v) is 5.63. The lowest BCUT2D eigenvalue weighted by atomic mass is 9.80. The minimum absolute atomic E-state index is 0.0162. The third kappa shape index (κ3) is 3.28. The van der Waals surface area contributed by atoms with Crippen molar-refractivity contribution >= 4 is 12.0 Å². The Morgan fingerprint density at radius 3 is 2.64 bits per heavy atom. The second-order valence-electron chi connectivity index (χ2n) is 8.75. The summed E-state index contributed by atoms with van der Waals surface area (Å²) in [6.45, 7) is 4.49. The van der Waals surface area contributed by atoms with Crippen molar-refractivity contribution < 1.29 is 14.3 Å². The Kier molecular flexibility index (Phi) is 4.75. The maximum Gasteiger partial charge on any atom is 0.410 e. The van der Waals surface area contributed by atoms with Crippen LogP contribution in [-0.4, -0.2) is 60.6 Å². The number of piperidine rings is 4. The zero-order chi connectivity index (χ0) is 19.1. The van der Waals surface area contributed by atoms with E-state index in [1.807, 2.05) is 11.0 Å². The lowest BCUT2D eigenvalue weighted by molar-refractivity contribution is -0.124. The summed E-state index contributed by atoms with van der Waals surface area (Å²) in [4.78, 5) is 29.7. The van der Waals surface area contributed by atoms with Crippen molar-refractivity contribution in [2.24, 2.45) is 11.8 Å². The van der Waals surface area contributed by atoms with Crippen LogP contribution in [0.4, 0.5) is 4.79 Å². The summed E-state index contributed by atoms with van der Waals surface area (Å²) in [6, 6.07) is 8.31. The normalized spacial score (nSPS) is 34.5. The topological polar surface area (TPSA) is 61.9 Å². The highest BCUT2D eigenvalue weighted by molar-refractivity contribution is 5.77. The van der Waals surface area contributed by atoms with E-state index in [1.54, 1.807) is 0 Å². The van der Waals surface area contributed by atoms with E-state index in [9.17, 15) is 9.59 Å². The quantitative estimate of drug-likeness (QED) is 0.852. The SMILES string of the molecule is O=C1CC(C2c3ccccc3CCN2C(=O)O[C@@H]2CN3CCC2CC3)CCN1. The first kappa shape index (κ1) is 18.0. The van der Waals surface area contributed by atoms with Crippen LogP contribution in [0.5, 0.6) is 0 Å². The lowest BCUT2D eigenvalue weighted by Gasteiger charge is -2.46. The van der Waals surface area contributed by atoms with E-state index in [4.69, 9.17) is 4.74 Å². The Morgan fingerprint density at radius 2 is 1.89 bits per heavy atom. The van der Waals surface area contributed by atoms with Gasteiger partial charge in [0.05, 0.1) is 6.04 Å². The van der Waals surface area contributed by atoms with E-state index < -0.39 is 0 Å². The summed E-state index contributed by atoms with van der Waals surface area (Å²) in [6.07, 6.45) is 4.31. The predicted molar refractivity (Wildman–Crippen MR) is 105 cm³/mol. The first-order valence-electron chi connectivity index (χ1n) is 10.7. The molecule has 2 amide bonds. The first-order valence-corrected chi connectivity index (χ1v) is 10.7. The molecule has 6 rings (SSSR count). The molecule has 0 aromatic heterocycles. The second-order valence-corrected chi connectivity index (χ2v) is 8.75. The molecule has 5 aliphatic rings. The van der Waals surface area contributed by atoms with Crippen molar-refractivity contribution in [3.05, 3.63) is 35.4 Å². The van der Waals surface area contributed by atoms with Gasteiger partial charge in [-0.05, 0) is 61.7 Å². The summed E-state index contributed by atoms with van der Waals surface area (Å²) in [5.41, 5.74) is 2.49. The molecular formula is C22H29N3O3. The molecule has 150 valence electrons. The largest absolute Gasteiger partial charge is 0.444 e. The zero-order valence-electron chi connectivity index (χ0n) is 16.3. The van der Waals surface area contributed by atoms with Gasteiger partial charge in [-0.2, -0.15) is 0 Å². The van der Waals surface area contributed by atoms with Crippen LogP contribution < -0.4 is 5.32 Å². The second kappa shape index (κ2) is 7.39. The van der Waals surface area contributed by atoms with Gasteiger partial charge in [0, 0.05) is 26.1 Å². The molecule has 0 aliphatic carbocycles.